The second kappa shape index (κ2) is 8.01. The molecule has 0 aliphatic carbocycles. The van der Waals surface area contributed by atoms with Crippen LogP contribution >= 0.6 is 0 Å². The number of carbonyl (C=O) groups is 2. The summed E-state index contributed by atoms with van der Waals surface area (Å²) in [7, 11) is 3.64. The van der Waals surface area contributed by atoms with E-state index in [1.54, 1.807) is 55.6 Å². The number of hydrogen-bond donors (Lipinski definition) is 1. The lowest BCUT2D eigenvalue weighted by atomic mass is 10.1. The molecular weight excluding hydrogens is 330 g/mol. The minimum absolute atomic E-state index is 0.0335. The van der Waals surface area contributed by atoms with E-state index in [9.17, 15) is 9.59 Å². The third kappa shape index (κ3) is 4.21. The minimum Gasteiger partial charge on any atom is -0.497 e. The maximum absolute atomic E-state index is 12.5. The second-order valence-electron chi connectivity index (χ2n) is 6.36. The van der Waals surface area contributed by atoms with Gasteiger partial charge >= 0.3 is 0 Å². The van der Waals surface area contributed by atoms with Gasteiger partial charge in [0.15, 0.2) is 0 Å². The predicted octanol–water partition coefficient (Wildman–Crippen LogP) is 2.34. The number of nitrogens with zero attached hydrogens (tertiary/aromatic N) is 2. The Bertz CT molecular complexity index is 764. The lowest BCUT2D eigenvalue weighted by Gasteiger charge is -2.32. The normalized spacial score (nSPS) is 14.8. The Morgan fingerprint density at radius 3 is 2.04 bits per heavy atom. The second-order valence-corrected chi connectivity index (χ2v) is 6.36. The number of rotatable bonds is 4. The molecule has 0 saturated carbocycles. The Hall–Kier alpha value is -2.86. The number of ether oxygens (including phenoxy) is 1. The smallest absolute Gasteiger partial charge is 0.255 e. The molecule has 26 heavy (non-hydrogen) atoms. The van der Waals surface area contributed by atoms with E-state index < -0.39 is 0 Å². The molecule has 6 heteroatoms. The Morgan fingerprint density at radius 2 is 1.46 bits per heavy atom. The molecule has 1 fully saturated rings. The Balaban J connectivity index is 1.61. The highest BCUT2D eigenvalue weighted by atomic mass is 16.5. The summed E-state index contributed by atoms with van der Waals surface area (Å²) in [5.74, 6) is 0.533. The van der Waals surface area contributed by atoms with E-state index in [-0.39, 0.29) is 11.8 Å². The van der Waals surface area contributed by atoms with Crippen LogP contribution in [0.3, 0.4) is 0 Å². The molecule has 1 heterocycles. The van der Waals surface area contributed by atoms with E-state index in [1.165, 1.54) is 0 Å². The quantitative estimate of drug-likeness (QED) is 0.916. The standard InChI is InChI=1S/C20H23N3O3/c1-22-11-13-23(14-12-22)20(25)16-3-7-17(8-4-16)21-19(24)15-5-9-18(26-2)10-6-15/h3-10H,11-14H2,1-2H3,(H,21,24). The van der Waals surface area contributed by atoms with Gasteiger partial charge in [0.1, 0.15) is 5.75 Å². The third-order valence-corrected chi connectivity index (χ3v) is 4.53. The van der Waals surface area contributed by atoms with Crippen LogP contribution in [0.15, 0.2) is 48.5 Å². The molecule has 0 radical (unpaired) electrons. The summed E-state index contributed by atoms with van der Waals surface area (Å²) < 4.78 is 5.09. The average Bonchev–Trinajstić information content (AvgIpc) is 2.68. The van der Waals surface area contributed by atoms with Crippen LogP contribution in [0.2, 0.25) is 0 Å². The summed E-state index contributed by atoms with van der Waals surface area (Å²) >= 11 is 0. The van der Waals surface area contributed by atoms with Gasteiger partial charge in [0.25, 0.3) is 11.8 Å². The van der Waals surface area contributed by atoms with Crippen LogP contribution in [0, 0.1) is 0 Å². The van der Waals surface area contributed by atoms with Gasteiger partial charge in [-0.15, -0.1) is 0 Å². The molecule has 6 nitrogen and oxygen atoms in total. The van der Waals surface area contributed by atoms with E-state index in [1.807, 2.05) is 4.90 Å². The first-order chi connectivity index (χ1) is 12.6. The lowest BCUT2D eigenvalue weighted by Crippen LogP contribution is -2.47. The van der Waals surface area contributed by atoms with Crippen molar-refractivity contribution >= 4 is 17.5 Å². The maximum Gasteiger partial charge on any atom is 0.255 e. The molecule has 3 rings (SSSR count). The zero-order chi connectivity index (χ0) is 18.5. The number of methoxy groups -OCH3 is 1. The van der Waals surface area contributed by atoms with E-state index in [0.717, 1.165) is 26.2 Å². The van der Waals surface area contributed by atoms with Gasteiger partial charge in [-0.05, 0) is 55.6 Å². The minimum atomic E-state index is -0.203. The number of benzene rings is 2. The number of nitrogens with one attached hydrogen (secondary N) is 1. The summed E-state index contributed by atoms with van der Waals surface area (Å²) in [5.41, 5.74) is 1.83. The van der Waals surface area contributed by atoms with Crippen LogP contribution in [-0.2, 0) is 0 Å². The van der Waals surface area contributed by atoms with E-state index in [4.69, 9.17) is 4.74 Å². The molecule has 1 aliphatic heterocycles. The zero-order valence-corrected chi connectivity index (χ0v) is 15.1. The van der Waals surface area contributed by atoms with Gasteiger partial charge in [-0.25, -0.2) is 0 Å². The topological polar surface area (TPSA) is 61.9 Å². The predicted molar refractivity (Wildman–Crippen MR) is 101 cm³/mol. The summed E-state index contributed by atoms with van der Waals surface area (Å²) in [4.78, 5) is 28.9. The zero-order valence-electron chi connectivity index (χ0n) is 15.1. The van der Waals surface area contributed by atoms with Crippen molar-refractivity contribution in [1.82, 2.24) is 9.80 Å². The van der Waals surface area contributed by atoms with Crippen molar-refractivity contribution in [3.05, 3.63) is 59.7 Å². The molecule has 2 aromatic rings. The fraction of sp³-hybridized carbons (Fsp3) is 0.300. The summed E-state index contributed by atoms with van der Waals surface area (Å²) in [6.07, 6.45) is 0. The number of hydrogen-bond acceptors (Lipinski definition) is 4. The third-order valence-electron chi connectivity index (χ3n) is 4.53. The molecule has 0 atom stereocenters. The SMILES string of the molecule is COc1ccc(C(=O)Nc2ccc(C(=O)N3CCN(C)CC3)cc2)cc1. The monoisotopic (exact) mass is 353 g/mol. The van der Waals surface area contributed by atoms with Gasteiger partial charge in [0.05, 0.1) is 7.11 Å². The van der Waals surface area contributed by atoms with Gasteiger partial charge < -0.3 is 19.9 Å². The summed E-state index contributed by atoms with van der Waals surface area (Å²) in [6.45, 7) is 3.26. The highest BCUT2D eigenvalue weighted by Crippen LogP contribution is 2.16. The molecule has 2 aromatic carbocycles. The fourth-order valence-electron chi connectivity index (χ4n) is 2.83. The number of amides is 2. The number of likely N-dealkylation sites (N-methyl/N-ethyl adjacent to an activating group) is 1. The molecule has 1 aliphatic rings. The van der Waals surface area contributed by atoms with Crippen molar-refractivity contribution in [3.63, 3.8) is 0 Å². The van der Waals surface area contributed by atoms with E-state index >= 15 is 0 Å². The van der Waals surface area contributed by atoms with Gasteiger partial charge in [-0.2, -0.15) is 0 Å². The van der Waals surface area contributed by atoms with Crippen molar-refractivity contribution < 1.29 is 14.3 Å². The molecule has 0 bridgehead atoms. The first-order valence-electron chi connectivity index (χ1n) is 8.60. The first-order valence-corrected chi connectivity index (χ1v) is 8.60. The maximum atomic E-state index is 12.5. The highest BCUT2D eigenvalue weighted by Gasteiger charge is 2.20. The van der Waals surface area contributed by atoms with E-state index in [0.29, 0.717) is 22.6 Å². The van der Waals surface area contributed by atoms with Crippen LogP contribution in [0.25, 0.3) is 0 Å². The van der Waals surface area contributed by atoms with Crippen LogP contribution in [0.4, 0.5) is 5.69 Å². The fourth-order valence-corrected chi connectivity index (χ4v) is 2.83. The van der Waals surface area contributed by atoms with Crippen molar-refractivity contribution in [2.24, 2.45) is 0 Å². The van der Waals surface area contributed by atoms with Crippen LogP contribution < -0.4 is 10.1 Å². The number of carbonyl (C=O) groups excluding carboxylic acids is 2. The average molecular weight is 353 g/mol. The van der Waals surface area contributed by atoms with Gasteiger partial charge in [0, 0.05) is 43.0 Å². The molecule has 2 amide bonds. The Labute approximate surface area is 153 Å². The van der Waals surface area contributed by atoms with Crippen molar-refractivity contribution in [1.29, 1.82) is 0 Å². The van der Waals surface area contributed by atoms with E-state index in [2.05, 4.69) is 17.3 Å². The summed E-state index contributed by atoms with van der Waals surface area (Å²) in [6, 6.07) is 13.9. The van der Waals surface area contributed by atoms with Crippen LogP contribution in [0.5, 0.6) is 5.75 Å². The highest BCUT2D eigenvalue weighted by molar-refractivity contribution is 6.04. The lowest BCUT2D eigenvalue weighted by molar-refractivity contribution is 0.0664. The molecule has 1 saturated heterocycles. The Kier molecular flexibility index (Phi) is 5.53. The molecule has 136 valence electrons. The van der Waals surface area contributed by atoms with Crippen molar-refractivity contribution in [2.45, 2.75) is 0 Å². The molecule has 0 unspecified atom stereocenters. The van der Waals surface area contributed by atoms with Gasteiger partial charge in [-0.1, -0.05) is 0 Å². The van der Waals surface area contributed by atoms with Crippen molar-refractivity contribution in [3.8, 4) is 5.75 Å². The van der Waals surface area contributed by atoms with Crippen molar-refractivity contribution in [2.75, 3.05) is 45.7 Å². The summed E-state index contributed by atoms with van der Waals surface area (Å²) in [5, 5.41) is 2.84. The molecule has 1 N–H and O–H groups in total. The molecule has 0 aromatic heterocycles. The molecular formula is C20H23N3O3. The first kappa shape index (κ1) is 17.9. The Morgan fingerprint density at radius 1 is 0.885 bits per heavy atom. The van der Waals surface area contributed by atoms with Crippen LogP contribution in [0.1, 0.15) is 20.7 Å². The number of anilines is 1. The largest absolute Gasteiger partial charge is 0.497 e. The van der Waals surface area contributed by atoms with Gasteiger partial charge in [-0.3, -0.25) is 9.59 Å². The van der Waals surface area contributed by atoms with Crippen LogP contribution in [-0.4, -0.2) is 62.0 Å². The van der Waals surface area contributed by atoms with Gasteiger partial charge in [0.2, 0.25) is 0 Å². The molecule has 0 spiro atoms. The number of piperazine rings is 1.